The lowest BCUT2D eigenvalue weighted by Gasteiger charge is -2.15. The van der Waals surface area contributed by atoms with Gasteiger partial charge in [-0.05, 0) is 50.1 Å². The first-order chi connectivity index (χ1) is 17.7. The molecule has 1 aromatic rings. The summed E-state index contributed by atoms with van der Waals surface area (Å²) in [5.41, 5.74) is 1.86. The molecule has 0 aliphatic carbocycles. The van der Waals surface area contributed by atoms with E-state index >= 15 is 0 Å². The summed E-state index contributed by atoms with van der Waals surface area (Å²) in [5, 5.41) is 13.0. The molecule has 0 radical (unpaired) electrons. The maximum absolute atomic E-state index is 14.9. The number of aryl methyl sites for hydroxylation is 1. The van der Waals surface area contributed by atoms with Crippen LogP contribution in [0.3, 0.4) is 0 Å². The van der Waals surface area contributed by atoms with Gasteiger partial charge in [-0.1, -0.05) is 49.6 Å². The van der Waals surface area contributed by atoms with Gasteiger partial charge in [0.1, 0.15) is 11.9 Å². The molecule has 9 nitrogen and oxygen atoms in total. The zero-order valence-corrected chi connectivity index (χ0v) is 22.4. The molecule has 1 aliphatic rings. The summed E-state index contributed by atoms with van der Waals surface area (Å²) >= 11 is 0. The Hall–Kier alpha value is -3.79. The second-order valence-electron chi connectivity index (χ2n) is 8.27. The predicted molar refractivity (Wildman–Crippen MR) is 144 cm³/mol. The molecule has 37 heavy (non-hydrogen) atoms. The number of nitrogens with zero attached hydrogens (tertiary/aromatic N) is 4. The highest BCUT2D eigenvalue weighted by Gasteiger charge is 2.33. The van der Waals surface area contributed by atoms with E-state index in [1.54, 1.807) is 23.9 Å². The van der Waals surface area contributed by atoms with Gasteiger partial charge in [-0.3, -0.25) is 14.4 Å². The Morgan fingerprint density at radius 2 is 2.11 bits per heavy atom. The minimum atomic E-state index is -0.596. The molecule has 1 aliphatic heterocycles. The molecule has 10 heteroatoms. The number of carbonyl (C=O) groups is 2. The largest absolute Gasteiger partial charge is 0.442 e. The molecule has 1 saturated heterocycles. The second kappa shape index (κ2) is 16.8. The third kappa shape index (κ3) is 11.2. The smallest absolute Gasteiger partial charge is 0.414 e. The van der Waals surface area contributed by atoms with Crippen LogP contribution in [-0.4, -0.2) is 64.7 Å². The fourth-order valence-corrected chi connectivity index (χ4v) is 3.15. The number of ether oxygens (including phenoxy) is 1. The number of halogens is 1. The zero-order valence-electron chi connectivity index (χ0n) is 22.4. The maximum Gasteiger partial charge on any atom is 0.414 e. The Morgan fingerprint density at radius 3 is 2.62 bits per heavy atom. The number of amides is 2. The van der Waals surface area contributed by atoms with Crippen molar-refractivity contribution in [2.24, 2.45) is 5.92 Å². The number of carbonyl (C=O) groups excluding carboxylic acids is 2. The number of aromatic nitrogens is 3. The topological polar surface area (TPSA) is 101 Å². The summed E-state index contributed by atoms with van der Waals surface area (Å²) in [4.78, 5) is 24.5. The Bertz CT molecular complexity index is 1030. The van der Waals surface area contributed by atoms with Crippen molar-refractivity contribution >= 4 is 12.0 Å². The lowest BCUT2D eigenvalue weighted by molar-refractivity contribution is -0.119. The van der Waals surface area contributed by atoms with E-state index in [0.717, 1.165) is 12.1 Å². The Balaban J connectivity index is 0.000000836. The first-order valence-corrected chi connectivity index (χ1v) is 12.1. The molecule has 2 unspecified atom stereocenters. The normalized spacial score (nSPS) is 17.5. The number of cyclic esters (lactones) is 1. The van der Waals surface area contributed by atoms with Crippen LogP contribution in [0.15, 0.2) is 84.7 Å². The van der Waals surface area contributed by atoms with Gasteiger partial charge in [0.15, 0.2) is 0 Å². The lowest BCUT2D eigenvalue weighted by atomic mass is 9.99. The molecule has 2 rings (SSSR count). The quantitative estimate of drug-likeness (QED) is 0.408. The van der Waals surface area contributed by atoms with Gasteiger partial charge in [0.2, 0.25) is 5.91 Å². The zero-order chi connectivity index (χ0) is 27.8. The van der Waals surface area contributed by atoms with E-state index in [9.17, 15) is 14.0 Å². The number of nitrogens with one attached hydrogen (secondary N) is 2. The third-order valence-corrected chi connectivity index (χ3v) is 5.42. The highest BCUT2D eigenvalue weighted by Crippen LogP contribution is 2.24. The van der Waals surface area contributed by atoms with Crippen LogP contribution in [0.4, 0.5) is 9.18 Å². The van der Waals surface area contributed by atoms with Crippen LogP contribution in [0.1, 0.15) is 27.7 Å². The molecule has 0 spiro atoms. The molecule has 202 valence electrons. The van der Waals surface area contributed by atoms with Gasteiger partial charge in [0.05, 0.1) is 19.3 Å². The molecule has 2 N–H and O–H groups in total. The lowest BCUT2D eigenvalue weighted by Crippen LogP contribution is -2.33. The summed E-state index contributed by atoms with van der Waals surface area (Å²) < 4.78 is 21.9. The molecule has 2 heterocycles. The summed E-state index contributed by atoms with van der Waals surface area (Å²) in [6.07, 6.45) is 12.5. The van der Waals surface area contributed by atoms with Crippen molar-refractivity contribution < 1.29 is 18.7 Å². The van der Waals surface area contributed by atoms with Crippen molar-refractivity contribution in [2.45, 2.75) is 40.3 Å². The molecule has 1 fully saturated rings. The van der Waals surface area contributed by atoms with Crippen LogP contribution in [-0.2, 0) is 16.1 Å². The van der Waals surface area contributed by atoms with Crippen LogP contribution in [0.2, 0.25) is 0 Å². The predicted octanol–water partition coefficient (Wildman–Crippen LogP) is 4.08. The molecular formula is C27H39FN6O3. The van der Waals surface area contributed by atoms with E-state index in [-0.39, 0.29) is 24.9 Å². The van der Waals surface area contributed by atoms with Gasteiger partial charge < -0.3 is 15.4 Å². The van der Waals surface area contributed by atoms with E-state index in [1.165, 1.54) is 24.0 Å². The van der Waals surface area contributed by atoms with E-state index in [1.807, 2.05) is 45.3 Å². The molecule has 2 amide bonds. The van der Waals surface area contributed by atoms with Gasteiger partial charge in [0.25, 0.3) is 0 Å². The molecular weight excluding hydrogens is 475 g/mol. The van der Waals surface area contributed by atoms with Crippen molar-refractivity contribution in [3.8, 4) is 0 Å². The second-order valence-corrected chi connectivity index (χ2v) is 8.27. The summed E-state index contributed by atoms with van der Waals surface area (Å²) in [7, 11) is 1.85. The van der Waals surface area contributed by atoms with Crippen molar-refractivity contribution in [1.29, 1.82) is 0 Å². The van der Waals surface area contributed by atoms with E-state index < -0.39 is 18.0 Å². The fourth-order valence-electron chi connectivity index (χ4n) is 3.15. The Labute approximate surface area is 219 Å². The average molecular weight is 515 g/mol. The highest BCUT2D eigenvalue weighted by atomic mass is 19.1. The Morgan fingerprint density at radius 1 is 1.38 bits per heavy atom. The van der Waals surface area contributed by atoms with Crippen LogP contribution in [0.5, 0.6) is 0 Å². The number of allylic oxidation sites excluding steroid dienone is 7. The Kier molecular flexibility index (Phi) is 14.2. The number of likely N-dealkylation sites (N-methyl/N-ethyl adjacent to an activating group) is 1. The summed E-state index contributed by atoms with van der Waals surface area (Å²) in [5.74, 6) is -0.810. The standard InChI is InChI=1S/C23H32FN3O3.C4H7N3/c1-7-9-19(13-25-6)11-10-16(3)17(4)22(24)12-20(8-2)27-15-21(30-23(27)29)14-26-18(5)28;1-2-7-4-3-5-6-7/h7-12,16,21,25H,1-2,13-15H2,3-6H3,(H,26,28);3-4H,2H2,1H3/b11-10-,19-9+,20-12+,22-17-;. The number of rotatable bonds is 12. The minimum Gasteiger partial charge on any atom is -0.442 e. The first kappa shape index (κ1) is 31.2. The average Bonchev–Trinajstić information content (AvgIpc) is 3.54. The van der Waals surface area contributed by atoms with Gasteiger partial charge in [-0.15, -0.1) is 5.10 Å². The minimum absolute atomic E-state index is 0.157. The van der Waals surface area contributed by atoms with Crippen molar-refractivity contribution in [3.05, 3.63) is 84.7 Å². The van der Waals surface area contributed by atoms with Gasteiger partial charge in [-0.25, -0.2) is 9.18 Å². The first-order valence-electron chi connectivity index (χ1n) is 12.1. The van der Waals surface area contributed by atoms with E-state index in [4.69, 9.17) is 4.74 Å². The van der Waals surface area contributed by atoms with E-state index in [0.29, 0.717) is 17.8 Å². The summed E-state index contributed by atoms with van der Waals surface area (Å²) in [6.45, 7) is 16.4. The van der Waals surface area contributed by atoms with Gasteiger partial charge >= 0.3 is 6.09 Å². The SMILES string of the molecule is C=C/C=C(\C=C/C(C)/C(C)=C(F)/C=C(\C=C)N1CC(CNC(C)=O)OC1=O)CNC.CCn1ccnn1. The van der Waals surface area contributed by atoms with Crippen molar-refractivity contribution in [2.75, 3.05) is 26.7 Å². The number of hydrogen-bond donors (Lipinski definition) is 2. The summed E-state index contributed by atoms with van der Waals surface area (Å²) in [6, 6.07) is 0. The van der Waals surface area contributed by atoms with Crippen LogP contribution in [0, 0.1) is 5.92 Å². The molecule has 0 bridgehead atoms. The van der Waals surface area contributed by atoms with Crippen LogP contribution in [0.25, 0.3) is 0 Å². The fraction of sp³-hybridized carbons (Fsp3) is 0.407. The molecule has 2 atom stereocenters. The van der Waals surface area contributed by atoms with Crippen LogP contribution >= 0.6 is 0 Å². The van der Waals surface area contributed by atoms with Gasteiger partial charge in [0, 0.05) is 31.9 Å². The van der Waals surface area contributed by atoms with Crippen LogP contribution < -0.4 is 10.6 Å². The van der Waals surface area contributed by atoms with Gasteiger partial charge in [-0.2, -0.15) is 0 Å². The highest BCUT2D eigenvalue weighted by molar-refractivity contribution is 5.74. The van der Waals surface area contributed by atoms with Crippen molar-refractivity contribution in [3.63, 3.8) is 0 Å². The molecule has 0 saturated carbocycles. The molecule has 0 aromatic carbocycles. The maximum atomic E-state index is 14.9. The van der Waals surface area contributed by atoms with E-state index in [2.05, 4.69) is 34.1 Å². The third-order valence-electron chi connectivity index (χ3n) is 5.42. The number of hydrogen-bond acceptors (Lipinski definition) is 6. The van der Waals surface area contributed by atoms with Crippen molar-refractivity contribution in [1.82, 2.24) is 30.5 Å². The molecule has 1 aromatic heterocycles. The monoisotopic (exact) mass is 514 g/mol.